The molecule has 2 aromatic heterocycles. The highest BCUT2D eigenvalue weighted by atomic mass is 35.5. The second kappa shape index (κ2) is 9.65. The number of nitrogen functional groups attached to an aromatic ring is 1. The number of nitrogens with two attached hydrogens (primary N) is 1. The molecule has 8 heteroatoms. The van der Waals surface area contributed by atoms with Gasteiger partial charge in [0, 0.05) is 34.6 Å². The normalized spacial score (nSPS) is 11.9. The van der Waals surface area contributed by atoms with Crippen molar-refractivity contribution in [1.82, 2.24) is 9.55 Å². The summed E-state index contributed by atoms with van der Waals surface area (Å²) in [6, 6.07) is 17.4. The standard InChI is InChI=1S/C25H20Cl2FN3O2/c1-15(23-19(26)7-8-20(28)24(23)27)33-21-11-18(13-30-25(21)29)17-9-10-31(22(32)12-17)14-16-5-3-2-4-6-16/h2-13,15H,14H2,1H3,(H2,29,30)/t15-/m1/s1. The van der Waals surface area contributed by atoms with Crippen LogP contribution in [0, 0.1) is 5.82 Å². The molecule has 1 atom stereocenters. The van der Waals surface area contributed by atoms with E-state index in [0.29, 0.717) is 23.2 Å². The van der Waals surface area contributed by atoms with Gasteiger partial charge in [0.25, 0.3) is 5.56 Å². The van der Waals surface area contributed by atoms with Gasteiger partial charge in [-0.25, -0.2) is 9.37 Å². The summed E-state index contributed by atoms with van der Waals surface area (Å²) in [5.41, 5.74) is 8.50. The zero-order valence-corrected chi connectivity index (χ0v) is 19.1. The molecular formula is C25H20Cl2FN3O2. The molecule has 0 saturated carbocycles. The Hall–Kier alpha value is -3.35. The van der Waals surface area contributed by atoms with Gasteiger partial charge >= 0.3 is 0 Å². The average molecular weight is 484 g/mol. The molecule has 5 nitrogen and oxygen atoms in total. The molecule has 0 aliphatic carbocycles. The van der Waals surface area contributed by atoms with Crippen LogP contribution in [0.2, 0.25) is 10.0 Å². The average Bonchev–Trinajstić information content (AvgIpc) is 2.80. The Balaban J connectivity index is 1.61. The lowest BCUT2D eigenvalue weighted by Gasteiger charge is -2.19. The number of halogens is 3. The fourth-order valence-corrected chi connectivity index (χ4v) is 4.15. The first kappa shape index (κ1) is 22.8. The van der Waals surface area contributed by atoms with E-state index in [1.54, 1.807) is 30.0 Å². The van der Waals surface area contributed by atoms with Crippen LogP contribution in [0.3, 0.4) is 0 Å². The molecule has 2 aromatic carbocycles. The molecule has 0 fully saturated rings. The summed E-state index contributed by atoms with van der Waals surface area (Å²) >= 11 is 12.3. The second-order valence-corrected chi connectivity index (χ2v) is 8.28. The number of nitrogens with zero attached hydrogens (tertiary/aromatic N) is 2. The van der Waals surface area contributed by atoms with Crippen LogP contribution in [-0.4, -0.2) is 9.55 Å². The topological polar surface area (TPSA) is 70.1 Å². The number of benzene rings is 2. The fourth-order valence-electron chi connectivity index (χ4n) is 3.47. The summed E-state index contributed by atoms with van der Waals surface area (Å²) in [5.74, 6) is -0.182. The number of ether oxygens (including phenoxy) is 1. The van der Waals surface area contributed by atoms with E-state index in [1.807, 2.05) is 36.4 Å². The van der Waals surface area contributed by atoms with Gasteiger partial charge < -0.3 is 15.0 Å². The molecular weight excluding hydrogens is 464 g/mol. The van der Waals surface area contributed by atoms with Crippen molar-refractivity contribution in [3.63, 3.8) is 0 Å². The third kappa shape index (κ3) is 5.02. The van der Waals surface area contributed by atoms with Crippen LogP contribution in [0.25, 0.3) is 11.1 Å². The van der Waals surface area contributed by atoms with E-state index in [4.69, 9.17) is 33.7 Å². The molecule has 33 heavy (non-hydrogen) atoms. The molecule has 4 aromatic rings. The van der Waals surface area contributed by atoms with Gasteiger partial charge in [0.15, 0.2) is 11.6 Å². The lowest BCUT2D eigenvalue weighted by molar-refractivity contribution is 0.227. The lowest BCUT2D eigenvalue weighted by Crippen LogP contribution is -2.19. The van der Waals surface area contributed by atoms with Gasteiger partial charge in [0.1, 0.15) is 11.9 Å². The van der Waals surface area contributed by atoms with Crippen molar-refractivity contribution in [2.45, 2.75) is 19.6 Å². The maximum atomic E-state index is 13.9. The van der Waals surface area contributed by atoms with Crippen LogP contribution >= 0.6 is 23.2 Å². The minimum atomic E-state index is -0.695. The predicted octanol–water partition coefficient (Wildman–Crippen LogP) is 6.13. The number of hydrogen-bond acceptors (Lipinski definition) is 4. The van der Waals surface area contributed by atoms with Crippen molar-refractivity contribution in [2.75, 3.05) is 5.73 Å². The highest BCUT2D eigenvalue weighted by Crippen LogP contribution is 2.36. The van der Waals surface area contributed by atoms with Crippen molar-refractivity contribution >= 4 is 29.0 Å². The van der Waals surface area contributed by atoms with Crippen LogP contribution in [-0.2, 0) is 6.54 Å². The Bertz CT molecular complexity index is 1360. The van der Waals surface area contributed by atoms with Crippen molar-refractivity contribution in [3.8, 4) is 16.9 Å². The Morgan fingerprint density at radius 2 is 1.85 bits per heavy atom. The molecule has 2 N–H and O–H groups in total. The Morgan fingerprint density at radius 3 is 2.58 bits per heavy atom. The van der Waals surface area contributed by atoms with Gasteiger partial charge in [-0.05, 0) is 42.3 Å². The maximum Gasteiger partial charge on any atom is 0.251 e. The van der Waals surface area contributed by atoms with Crippen molar-refractivity contribution in [2.24, 2.45) is 0 Å². The zero-order chi connectivity index (χ0) is 23.5. The van der Waals surface area contributed by atoms with E-state index in [2.05, 4.69) is 4.98 Å². The van der Waals surface area contributed by atoms with Crippen LogP contribution in [0.5, 0.6) is 5.75 Å². The summed E-state index contributed by atoms with van der Waals surface area (Å²) in [4.78, 5) is 16.8. The minimum absolute atomic E-state index is 0.111. The summed E-state index contributed by atoms with van der Waals surface area (Å²) in [7, 11) is 0. The SMILES string of the molecule is C[C@@H](Oc1cc(-c2ccn(Cc3ccccc3)c(=O)c2)cnc1N)c1c(Cl)ccc(F)c1Cl. The number of pyridine rings is 2. The molecule has 0 aliphatic rings. The Morgan fingerprint density at radius 1 is 1.09 bits per heavy atom. The molecule has 0 bridgehead atoms. The van der Waals surface area contributed by atoms with Gasteiger partial charge in [-0.2, -0.15) is 0 Å². The molecule has 168 valence electrons. The largest absolute Gasteiger partial charge is 0.482 e. The lowest BCUT2D eigenvalue weighted by atomic mass is 10.1. The summed E-state index contributed by atoms with van der Waals surface area (Å²) in [6.45, 7) is 2.16. The third-order valence-electron chi connectivity index (χ3n) is 5.20. The Labute approximate surface area is 200 Å². The van der Waals surface area contributed by atoms with E-state index in [0.717, 1.165) is 5.56 Å². The third-order valence-corrected chi connectivity index (χ3v) is 5.91. The number of hydrogen-bond donors (Lipinski definition) is 1. The molecule has 4 rings (SSSR count). The first-order valence-corrected chi connectivity index (χ1v) is 10.9. The van der Waals surface area contributed by atoms with E-state index in [9.17, 15) is 9.18 Å². The molecule has 0 amide bonds. The van der Waals surface area contributed by atoms with Gasteiger partial charge in [-0.1, -0.05) is 53.5 Å². The van der Waals surface area contributed by atoms with Gasteiger partial charge in [0.2, 0.25) is 0 Å². The second-order valence-electron chi connectivity index (χ2n) is 7.49. The summed E-state index contributed by atoms with van der Waals surface area (Å²) in [5, 5.41) is 0.165. The predicted molar refractivity (Wildman–Crippen MR) is 129 cm³/mol. The van der Waals surface area contributed by atoms with E-state index >= 15 is 0 Å². The number of anilines is 1. The highest BCUT2D eigenvalue weighted by Gasteiger charge is 2.20. The number of rotatable bonds is 6. The van der Waals surface area contributed by atoms with Gasteiger partial charge in [-0.15, -0.1) is 0 Å². The molecule has 0 radical (unpaired) electrons. The highest BCUT2D eigenvalue weighted by molar-refractivity contribution is 6.36. The van der Waals surface area contributed by atoms with Crippen LogP contribution in [0.4, 0.5) is 10.2 Å². The van der Waals surface area contributed by atoms with Crippen molar-refractivity contribution < 1.29 is 9.13 Å². The van der Waals surface area contributed by atoms with Crippen LogP contribution in [0.1, 0.15) is 24.2 Å². The summed E-state index contributed by atoms with van der Waals surface area (Å²) < 4.78 is 21.5. The van der Waals surface area contributed by atoms with Crippen LogP contribution in [0.15, 0.2) is 77.9 Å². The molecule has 0 aliphatic heterocycles. The molecule has 2 heterocycles. The quantitative estimate of drug-likeness (QED) is 0.335. The van der Waals surface area contributed by atoms with Crippen molar-refractivity contribution in [1.29, 1.82) is 0 Å². The Kier molecular flexibility index (Phi) is 6.67. The molecule has 0 spiro atoms. The smallest absolute Gasteiger partial charge is 0.251 e. The van der Waals surface area contributed by atoms with Gasteiger partial charge in [0.05, 0.1) is 11.6 Å². The number of aromatic nitrogens is 2. The van der Waals surface area contributed by atoms with Crippen LogP contribution < -0.4 is 16.0 Å². The monoisotopic (exact) mass is 483 g/mol. The summed E-state index contributed by atoms with van der Waals surface area (Å²) in [6.07, 6.45) is 2.60. The van der Waals surface area contributed by atoms with Gasteiger partial charge in [-0.3, -0.25) is 4.79 Å². The minimum Gasteiger partial charge on any atom is -0.482 e. The van der Waals surface area contributed by atoms with E-state index < -0.39 is 11.9 Å². The van der Waals surface area contributed by atoms with E-state index in [-0.39, 0.29) is 27.2 Å². The maximum absolute atomic E-state index is 13.9. The van der Waals surface area contributed by atoms with Crippen molar-refractivity contribution in [3.05, 3.63) is 110 Å². The van der Waals surface area contributed by atoms with E-state index in [1.165, 1.54) is 18.2 Å². The fraction of sp³-hybridized carbons (Fsp3) is 0.120. The zero-order valence-electron chi connectivity index (χ0n) is 17.6. The first-order chi connectivity index (χ1) is 15.8. The molecule has 0 unspecified atom stereocenters. The molecule has 0 saturated heterocycles. The first-order valence-electron chi connectivity index (χ1n) is 10.1.